The first kappa shape index (κ1) is 16.4. The first-order chi connectivity index (χ1) is 12.2. The molecule has 1 aliphatic heterocycles. The number of aromatic nitrogens is 3. The van der Waals surface area contributed by atoms with E-state index < -0.39 is 10.8 Å². The van der Waals surface area contributed by atoms with E-state index >= 15 is 0 Å². The molecule has 0 aliphatic carbocycles. The fourth-order valence-corrected chi connectivity index (χ4v) is 3.61. The Kier molecular flexibility index (Phi) is 4.61. The first-order valence-corrected chi connectivity index (χ1v) is 9.84. The average molecular weight is 356 g/mol. The zero-order valence-corrected chi connectivity index (χ0v) is 14.9. The van der Waals surface area contributed by atoms with Gasteiger partial charge in [0.25, 0.3) is 0 Å². The van der Waals surface area contributed by atoms with Crippen molar-refractivity contribution in [1.82, 2.24) is 19.3 Å². The van der Waals surface area contributed by atoms with Gasteiger partial charge in [0.2, 0.25) is 5.78 Å². The van der Waals surface area contributed by atoms with E-state index in [4.69, 9.17) is 9.72 Å². The summed E-state index contributed by atoms with van der Waals surface area (Å²) in [6.45, 7) is 4.16. The van der Waals surface area contributed by atoms with Crippen LogP contribution in [-0.4, -0.2) is 56.0 Å². The minimum Gasteiger partial charge on any atom is -0.379 e. The van der Waals surface area contributed by atoms with Crippen LogP contribution in [0.3, 0.4) is 0 Å². The molecule has 0 amide bonds. The minimum absolute atomic E-state index is 0.698. The maximum atomic E-state index is 11.6. The van der Waals surface area contributed by atoms with Crippen molar-refractivity contribution in [2.45, 2.75) is 11.4 Å². The molecule has 2 aromatic heterocycles. The monoisotopic (exact) mass is 356 g/mol. The molecule has 1 fully saturated rings. The third kappa shape index (κ3) is 3.35. The van der Waals surface area contributed by atoms with Crippen molar-refractivity contribution in [3.05, 3.63) is 48.4 Å². The summed E-state index contributed by atoms with van der Waals surface area (Å²) >= 11 is 0. The van der Waals surface area contributed by atoms with E-state index in [1.807, 2.05) is 36.5 Å². The predicted molar refractivity (Wildman–Crippen MR) is 96.9 cm³/mol. The molecule has 7 heteroatoms. The molecular formula is C18H20N4O2S. The maximum absolute atomic E-state index is 11.6. The largest absolute Gasteiger partial charge is 0.379 e. The quantitative estimate of drug-likeness (QED) is 0.715. The fourth-order valence-electron chi connectivity index (χ4n) is 3.09. The van der Waals surface area contributed by atoms with Gasteiger partial charge in [-0.15, -0.1) is 0 Å². The van der Waals surface area contributed by atoms with E-state index in [0.29, 0.717) is 5.78 Å². The van der Waals surface area contributed by atoms with Crippen molar-refractivity contribution in [3.63, 3.8) is 0 Å². The molecule has 130 valence electrons. The number of benzene rings is 1. The number of imidazole rings is 1. The van der Waals surface area contributed by atoms with Gasteiger partial charge in [0.1, 0.15) is 0 Å². The molecule has 0 unspecified atom stereocenters. The molecule has 3 aromatic rings. The van der Waals surface area contributed by atoms with Crippen molar-refractivity contribution in [2.75, 3.05) is 32.6 Å². The molecule has 0 radical (unpaired) electrons. The zero-order valence-electron chi connectivity index (χ0n) is 14.1. The third-order valence-electron chi connectivity index (χ3n) is 4.44. The van der Waals surface area contributed by atoms with Crippen LogP contribution in [0.15, 0.2) is 47.6 Å². The van der Waals surface area contributed by atoms with Gasteiger partial charge in [0.15, 0.2) is 0 Å². The zero-order chi connectivity index (χ0) is 17.2. The Labute approximate surface area is 148 Å². The van der Waals surface area contributed by atoms with Gasteiger partial charge in [-0.3, -0.25) is 13.5 Å². The molecule has 3 heterocycles. The van der Waals surface area contributed by atoms with Crippen LogP contribution < -0.4 is 0 Å². The summed E-state index contributed by atoms with van der Waals surface area (Å²) in [5, 5.41) is 0. The molecule has 1 saturated heterocycles. The lowest BCUT2D eigenvalue weighted by Crippen LogP contribution is -2.36. The smallest absolute Gasteiger partial charge is 0.234 e. The number of morpholine rings is 1. The Morgan fingerprint density at radius 3 is 2.68 bits per heavy atom. The summed E-state index contributed by atoms with van der Waals surface area (Å²) in [5.74, 6) is 0.698. The summed E-state index contributed by atoms with van der Waals surface area (Å²) in [7, 11) is -0.979. The van der Waals surface area contributed by atoms with Gasteiger partial charge >= 0.3 is 0 Å². The van der Waals surface area contributed by atoms with E-state index in [-0.39, 0.29) is 0 Å². The van der Waals surface area contributed by atoms with Gasteiger partial charge in [0, 0.05) is 59.5 Å². The Bertz CT molecular complexity index is 901. The van der Waals surface area contributed by atoms with Crippen molar-refractivity contribution >= 4 is 16.6 Å². The first-order valence-electron chi connectivity index (χ1n) is 8.28. The standard InChI is InChI=1S/C18H20N4O2S/c1-25(23)15-5-3-14(4-6-15)17-16(13-21-9-11-24-12-10-21)22-8-2-7-19-18(22)20-17/h2-8H,9-13H2,1H3/t25-/m1/s1. The highest BCUT2D eigenvalue weighted by atomic mass is 32.2. The number of fused-ring (bicyclic) bond motifs is 1. The van der Waals surface area contributed by atoms with Crippen LogP contribution in [0.4, 0.5) is 0 Å². The van der Waals surface area contributed by atoms with Gasteiger partial charge in [-0.2, -0.15) is 0 Å². The van der Waals surface area contributed by atoms with Crippen molar-refractivity contribution in [3.8, 4) is 11.3 Å². The molecule has 0 spiro atoms. The van der Waals surface area contributed by atoms with Crippen LogP contribution >= 0.6 is 0 Å². The van der Waals surface area contributed by atoms with Gasteiger partial charge < -0.3 is 4.74 Å². The topological polar surface area (TPSA) is 59.7 Å². The fraction of sp³-hybridized carbons (Fsp3) is 0.333. The summed E-state index contributed by atoms with van der Waals surface area (Å²) in [5.41, 5.74) is 3.07. The molecule has 6 nitrogen and oxygen atoms in total. The van der Waals surface area contributed by atoms with E-state index in [9.17, 15) is 4.21 Å². The second-order valence-electron chi connectivity index (χ2n) is 6.06. The van der Waals surface area contributed by atoms with E-state index in [1.54, 1.807) is 12.5 Å². The Morgan fingerprint density at radius 2 is 1.96 bits per heavy atom. The van der Waals surface area contributed by atoms with E-state index in [0.717, 1.165) is 54.7 Å². The summed E-state index contributed by atoms with van der Waals surface area (Å²) < 4.78 is 19.1. The lowest BCUT2D eigenvalue weighted by atomic mass is 10.1. The number of ether oxygens (including phenoxy) is 1. The van der Waals surface area contributed by atoms with E-state index in [1.165, 1.54) is 0 Å². The Balaban J connectivity index is 1.76. The van der Waals surface area contributed by atoms with Crippen LogP contribution in [0, 0.1) is 0 Å². The lowest BCUT2D eigenvalue weighted by Gasteiger charge is -2.26. The van der Waals surface area contributed by atoms with Gasteiger partial charge in [-0.05, 0) is 18.2 Å². The SMILES string of the molecule is C[S@@](=O)c1ccc(-c2nc3ncccn3c2CN2CCOCC2)cc1. The molecular weight excluding hydrogens is 336 g/mol. The Morgan fingerprint density at radius 1 is 1.20 bits per heavy atom. The predicted octanol–water partition coefficient (Wildman–Crippen LogP) is 1.97. The number of rotatable bonds is 4. The molecule has 25 heavy (non-hydrogen) atoms. The van der Waals surface area contributed by atoms with Gasteiger partial charge in [-0.1, -0.05) is 12.1 Å². The van der Waals surface area contributed by atoms with Crippen LogP contribution in [-0.2, 0) is 22.1 Å². The second-order valence-corrected chi connectivity index (χ2v) is 7.44. The summed E-state index contributed by atoms with van der Waals surface area (Å²) in [6, 6.07) is 9.70. The normalized spacial score (nSPS) is 17.0. The molecule has 1 aliphatic rings. The van der Waals surface area contributed by atoms with Gasteiger partial charge in [-0.25, -0.2) is 9.97 Å². The Hall–Kier alpha value is -2.09. The van der Waals surface area contributed by atoms with Crippen molar-refractivity contribution in [2.24, 2.45) is 0 Å². The van der Waals surface area contributed by atoms with Crippen molar-refractivity contribution in [1.29, 1.82) is 0 Å². The average Bonchev–Trinajstić information content (AvgIpc) is 3.01. The third-order valence-corrected chi connectivity index (χ3v) is 5.38. The molecule has 1 aromatic carbocycles. The highest BCUT2D eigenvalue weighted by Gasteiger charge is 2.19. The minimum atomic E-state index is -0.979. The summed E-state index contributed by atoms with van der Waals surface area (Å²) in [4.78, 5) is 12.3. The number of nitrogens with zero attached hydrogens (tertiary/aromatic N) is 4. The van der Waals surface area contributed by atoms with Gasteiger partial charge in [0.05, 0.1) is 24.6 Å². The number of hydrogen-bond donors (Lipinski definition) is 0. The van der Waals surface area contributed by atoms with Crippen LogP contribution in [0.25, 0.3) is 17.0 Å². The molecule has 1 atom stereocenters. The van der Waals surface area contributed by atoms with Crippen LogP contribution in [0.1, 0.15) is 5.69 Å². The molecule has 0 N–H and O–H groups in total. The van der Waals surface area contributed by atoms with E-state index in [2.05, 4.69) is 14.3 Å². The number of hydrogen-bond acceptors (Lipinski definition) is 5. The maximum Gasteiger partial charge on any atom is 0.234 e. The molecule has 0 bridgehead atoms. The highest BCUT2D eigenvalue weighted by molar-refractivity contribution is 7.84. The van der Waals surface area contributed by atoms with Crippen LogP contribution in [0.2, 0.25) is 0 Å². The second kappa shape index (κ2) is 7.03. The molecule has 4 rings (SSSR count). The summed E-state index contributed by atoms with van der Waals surface area (Å²) in [6.07, 6.45) is 5.45. The van der Waals surface area contributed by atoms with Crippen LogP contribution in [0.5, 0.6) is 0 Å². The van der Waals surface area contributed by atoms with Crippen molar-refractivity contribution < 1.29 is 8.95 Å². The lowest BCUT2D eigenvalue weighted by molar-refractivity contribution is 0.0336. The molecule has 0 saturated carbocycles. The highest BCUT2D eigenvalue weighted by Crippen LogP contribution is 2.26.